The van der Waals surface area contributed by atoms with Crippen LogP contribution in [0.5, 0.6) is 0 Å². The Labute approximate surface area is 87.1 Å². The summed E-state index contributed by atoms with van der Waals surface area (Å²) in [6, 6.07) is 6.12. The molecule has 2 nitrogen and oxygen atoms in total. The number of carbonyl (C=O) groups excluding carboxylic acids is 1. The molecule has 0 fully saturated rings. The van der Waals surface area contributed by atoms with Crippen LogP contribution in [0.4, 0.5) is 4.39 Å². The monoisotopic (exact) mass is 213 g/mol. The quantitative estimate of drug-likeness (QED) is 0.716. The fraction of sp³-hybridized carbons (Fsp3) is 0.300. The predicted octanol–water partition coefficient (Wildman–Crippen LogP) is 2.01. The highest BCUT2D eigenvalue weighted by Crippen LogP contribution is 2.17. The second-order valence-electron chi connectivity index (χ2n) is 3.03. The molecule has 76 valence electrons. The van der Waals surface area contributed by atoms with E-state index in [1.54, 1.807) is 26.2 Å². The number of rotatable bonds is 3. The Morgan fingerprint density at radius 1 is 1.36 bits per heavy atom. The molecule has 0 aromatic heterocycles. The average molecular weight is 213 g/mol. The molecule has 0 spiro atoms. The number of hydrogen-bond acceptors (Lipinski definition) is 2. The van der Waals surface area contributed by atoms with Crippen molar-refractivity contribution in [3.05, 3.63) is 30.1 Å². The highest BCUT2D eigenvalue weighted by molar-refractivity contribution is 8.00. The van der Waals surface area contributed by atoms with Gasteiger partial charge in [-0.05, 0) is 24.3 Å². The number of thioether (sulfide) groups is 1. The molecule has 1 aromatic rings. The van der Waals surface area contributed by atoms with Crippen LogP contribution in [0.1, 0.15) is 0 Å². The Hall–Kier alpha value is -1.03. The van der Waals surface area contributed by atoms with Gasteiger partial charge in [0.15, 0.2) is 0 Å². The Balaban J connectivity index is 2.46. The lowest BCUT2D eigenvalue weighted by molar-refractivity contribution is -0.125. The van der Waals surface area contributed by atoms with Crippen LogP contribution < -0.4 is 0 Å². The zero-order chi connectivity index (χ0) is 10.6. The molecule has 1 rings (SSSR count). The number of benzene rings is 1. The van der Waals surface area contributed by atoms with Crippen LogP contribution in [-0.4, -0.2) is 30.7 Å². The van der Waals surface area contributed by atoms with Gasteiger partial charge in [0.2, 0.25) is 5.91 Å². The van der Waals surface area contributed by atoms with E-state index < -0.39 is 0 Å². The first-order valence-electron chi connectivity index (χ1n) is 4.18. The molecule has 0 aliphatic heterocycles. The summed E-state index contributed by atoms with van der Waals surface area (Å²) in [6.45, 7) is 0. The number of hydrogen-bond donors (Lipinski definition) is 0. The molecular formula is C10H12FNOS. The van der Waals surface area contributed by atoms with Crippen molar-refractivity contribution in [2.75, 3.05) is 19.8 Å². The van der Waals surface area contributed by atoms with E-state index in [9.17, 15) is 9.18 Å². The van der Waals surface area contributed by atoms with E-state index in [0.29, 0.717) is 5.75 Å². The summed E-state index contributed by atoms with van der Waals surface area (Å²) in [6.07, 6.45) is 0. The van der Waals surface area contributed by atoms with Crippen LogP contribution in [0.25, 0.3) is 0 Å². The van der Waals surface area contributed by atoms with Gasteiger partial charge in [0.25, 0.3) is 0 Å². The zero-order valence-electron chi connectivity index (χ0n) is 8.16. The van der Waals surface area contributed by atoms with Crippen molar-refractivity contribution in [3.8, 4) is 0 Å². The van der Waals surface area contributed by atoms with Crippen molar-refractivity contribution >= 4 is 17.7 Å². The molecule has 14 heavy (non-hydrogen) atoms. The van der Waals surface area contributed by atoms with Gasteiger partial charge in [-0.1, -0.05) is 0 Å². The first-order chi connectivity index (χ1) is 6.59. The van der Waals surface area contributed by atoms with Gasteiger partial charge in [-0.2, -0.15) is 0 Å². The number of nitrogens with zero attached hydrogens (tertiary/aromatic N) is 1. The first kappa shape index (κ1) is 11.0. The third-order valence-corrected chi connectivity index (χ3v) is 2.67. The third kappa shape index (κ3) is 3.38. The van der Waals surface area contributed by atoms with E-state index in [4.69, 9.17) is 0 Å². The minimum absolute atomic E-state index is 0.0549. The molecule has 0 bridgehead atoms. The number of carbonyl (C=O) groups is 1. The van der Waals surface area contributed by atoms with Crippen molar-refractivity contribution in [3.63, 3.8) is 0 Å². The summed E-state index contributed by atoms with van der Waals surface area (Å²) in [4.78, 5) is 13.7. The molecule has 1 amide bonds. The van der Waals surface area contributed by atoms with Gasteiger partial charge < -0.3 is 4.90 Å². The second kappa shape index (κ2) is 5.00. The normalized spacial score (nSPS) is 9.93. The van der Waals surface area contributed by atoms with Gasteiger partial charge >= 0.3 is 0 Å². The molecule has 0 N–H and O–H groups in total. The van der Waals surface area contributed by atoms with Crippen molar-refractivity contribution < 1.29 is 9.18 Å². The van der Waals surface area contributed by atoms with E-state index in [1.165, 1.54) is 28.8 Å². The molecule has 0 heterocycles. The smallest absolute Gasteiger partial charge is 0.232 e. The van der Waals surface area contributed by atoms with Crippen LogP contribution in [0.15, 0.2) is 29.2 Å². The molecule has 0 atom stereocenters. The lowest BCUT2D eigenvalue weighted by atomic mass is 10.4. The van der Waals surface area contributed by atoms with Crippen LogP contribution in [-0.2, 0) is 4.79 Å². The fourth-order valence-corrected chi connectivity index (χ4v) is 1.68. The van der Waals surface area contributed by atoms with E-state index in [1.807, 2.05) is 0 Å². The van der Waals surface area contributed by atoms with E-state index in [0.717, 1.165) is 4.90 Å². The van der Waals surface area contributed by atoms with Gasteiger partial charge in [-0.25, -0.2) is 4.39 Å². The maximum Gasteiger partial charge on any atom is 0.232 e. The molecule has 0 aliphatic carbocycles. The largest absolute Gasteiger partial charge is 0.348 e. The van der Waals surface area contributed by atoms with Gasteiger partial charge in [-0.3, -0.25) is 4.79 Å². The summed E-state index contributed by atoms with van der Waals surface area (Å²) in [5.41, 5.74) is 0. The predicted molar refractivity (Wildman–Crippen MR) is 55.8 cm³/mol. The molecule has 0 unspecified atom stereocenters. The fourth-order valence-electron chi connectivity index (χ4n) is 0.805. The third-order valence-electron chi connectivity index (χ3n) is 1.67. The minimum Gasteiger partial charge on any atom is -0.348 e. The summed E-state index contributed by atoms with van der Waals surface area (Å²) < 4.78 is 12.5. The van der Waals surface area contributed by atoms with E-state index in [-0.39, 0.29) is 11.7 Å². The lowest BCUT2D eigenvalue weighted by Crippen LogP contribution is -2.23. The molecule has 0 radical (unpaired) electrons. The Morgan fingerprint density at radius 2 is 1.93 bits per heavy atom. The Bertz CT molecular complexity index is 310. The van der Waals surface area contributed by atoms with Crippen molar-refractivity contribution in [1.82, 2.24) is 4.90 Å². The lowest BCUT2D eigenvalue weighted by Gasteiger charge is -2.09. The van der Waals surface area contributed by atoms with E-state index >= 15 is 0 Å². The number of amides is 1. The summed E-state index contributed by atoms with van der Waals surface area (Å²) >= 11 is 1.41. The Morgan fingerprint density at radius 3 is 2.43 bits per heavy atom. The summed E-state index contributed by atoms with van der Waals surface area (Å²) in [5.74, 6) is 0.186. The molecule has 1 aromatic carbocycles. The first-order valence-corrected chi connectivity index (χ1v) is 5.16. The average Bonchev–Trinajstić information content (AvgIpc) is 2.16. The number of halogens is 1. The highest BCUT2D eigenvalue weighted by atomic mass is 32.2. The second-order valence-corrected chi connectivity index (χ2v) is 4.08. The Kier molecular flexibility index (Phi) is 3.95. The van der Waals surface area contributed by atoms with Gasteiger partial charge in [-0.15, -0.1) is 11.8 Å². The van der Waals surface area contributed by atoms with Crippen LogP contribution in [0.2, 0.25) is 0 Å². The maximum atomic E-state index is 12.5. The van der Waals surface area contributed by atoms with Crippen LogP contribution in [0.3, 0.4) is 0 Å². The maximum absolute atomic E-state index is 12.5. The van der Waals surface area contributed by atoms with E-state index in [2.05, 4.69) is 0 Å². The topological polar surface area (TPSA) is 20.3 Å². The molecule has 4 heteroatoms. The SMILES string of the molecule is CN(C)C(=O)CSc1ccc(F)cc1. The van der Waals surface area contributed by atoms with Crippen molar-refractivity contribution in [2.45, 2.75) is 4.90 Å². The van der Waals surface area contributed by atoms with Gasteiger partial charge in [0.05, 0.1) is 5.75 Å². The van der Waals surface area contributed by atoms with Gasteiger partial charge in [0, 0.05) is 19.0 Å². The van der Waals surface area contributed by atoms with Crippen LogP contribution >= 0.6 is 11.8 Å². The zero-order valence-corrected chi connectivity index (χ0v) is 8.97. The van der Waals surface area contributed by atoms with Gasteiger partial charge in [0.1, 0.15) is 5.82 Å². The van der Waals surface area contributed by atoms with Crippen molar-refractivity contribution in [1.29, 1.82) is 0 Å². The van der Waals surface area contributed by atoms with Crippen molar-refractivity contribution in [2.24, 2.45) is 0 Å². The molecule has 0 saturated heterocycles. The standard InChI is InChI=1S/C10H12FNOS/c1-12(2)10(13)7-14-9-5-3-8(11)4-6-9/h3-6H,7H2,1-2H3. The van der Waals surface area contributed by atoms with Crippen LogP contribution in [0, 0.1) is 5.82 Å². The molecule has 0 aliphatic rings. The molecular weight excluding hydrogens is 201 g/mol. The highest BCUT2D eigenvalue weighted by Gasteiger charge is 2.04. The summed E-state index contributed by atoms with van der Waals surface area (Å²) in [7, 11) is 3.43. The summed E-state index contributed by atoms with van der Waals surface area (Å²) in [5, 5.41) is 0. The molecule has 0 saturated carbocycles. The minimum atomic E-state index is -0.256.